The van der Waals surface area contributed by atoms with Gasteiger partial charge in [0.05, 0.1) is 20.3 Å². The van der Waals surface area contributed by atoms with E-state index in [1.165, 1.54) is 7.11 Å². The first-order valence-electron chi connectivity index (χ1n) is 6.10. The van der Waals surface area contributed by atoms with Crippen molar-refractivity contribution in [2.24, 2.45) is 5.73 Å². The van der Waals surface area contributed by atoms with Gasteiger partial charge in [0.25, 0.3) is 0 Å². The van der Waals surface area contributed by atoms with E-state index < -0.39 is 13.4 Å². The number of phenols is 1. The standard InChI is InChI=1S/C12H19BrNO5P/c1-4-18-20(16,19-5-2)12(14)9-6-8(13)7-10(17-3)11(9)15/h6-7,12,15H,4-5,14H2,1-3H3/t12-/m0/s1. The molecule has 0 amide bonds. The molecule has 0 spiro atoms. The van der Waals surface area contributed by atoms with Crippen molar-refractivity contribution in [1.82, 2.24) is 0 Å². The Balaban J connectivity index is 3.28. The van der Waals surface area contributed by atoms with Crippen molar-refractivity contribution in [2.45, 2.75) is 19.6 Å². The number of nitrogens with two attached hydrogens (primary N) is 1. The van der Waals surface area contributed by atoms with Crippen molar-refractivity contribution in [3.63, 3.8) is 0 Å². The van der Waals surface area contributed by atoms with Crippen LogP contribution in [0.4, 0.5) is 0 Å². The Bertz CT molecular complexity index is 501. The number of rotatable bonds is 7. The van der Waals surface area contributed by atoms with Crippen molar-refractivity contribution in [3.05, 3.63) is 22.2 Å². The van der Waals surface area contributed by atoms with Gasteiger partial charge in [-0.05, 0) is 26.0 Å². The lowest BCUT2D eigenvalue weighted by Crippen LogP contribution is -2.15. The minimum absolute atomic E-state index is 0.178. The third-order valence-corrected chi connectivity index (χ3v) is 5.22. The fourth-order valence-corrected chi connectivity index (χ4v) is 3.81. The molecule has 0 unspecified atom stereocenters. The lowest BCUT2D eigenvalue weighted by atomic mass is 10.2. The van der Waals surface area contributed by atoms with Crippen LogP contribution < -0.4 is 10.5 Å². The number of ether oxygens (including phenoxy) is 1. The molecule has 1 aromatic carbocycles. The molecule has 114 valence electrons. The van der Waals surface area contributed by atoms with Gasteiger partial charge in [-0.2, -0.15) is 0 Å². The van der Waals surface area contributed by atoms with Crippen molar-refractivity contribution < 1.29 is 23.5 Å². The Kier molecular flexibility index (Phi) is 6.48. The van der Waals surface area contributed by atoms with E-state index in [0.29, 0.717) is 4.47 Å². The van der Waals surface area contributed by atoms with Crippen molar-refractivity contribution in [2.75, 3.05) is 20.3 Å². The van der Waals surface area contributed by atoms with Crippen molar-refractivity contribution in [3.8, 4) is 11.5 Å². The van der Waals surface area contributed by atoms with Crippen LogP contribution >= 0.6 is 23.5 Å². The molecule has 0 heterocycles. The van der Waals surface area contributed by atoms with E-state index in [9.17, 15) is 9.67 Å². The second kappa shape index (κ2) is 7.43. The number of aromatic hydroxyl groups is 1. The molecule has 0 aliphatic carbocycles. The molecule has 1 rings (SSSR count). The second-order valence-electron chi connectivity index (χ2n) is 3.87. The summed E-state index contributed by atoms with van der Waals surface area (Å²) in [5.41, 5.74) is 6.23. The summed E-state index contributed by atoms with van der Waals surface area (Å²) < 4.78 is 28.7. The molecule has 1 atom stereocenters. The molecule has 0 fully saturated rings. The van der Waals surface area contributed by atoms with Gasteiger partial charge >= 0.3 is 7.60 Å². The largest absolute Gasteiger partial charge is 0.504 e. The zero-order chi connectivity index (χ0) is 15.3. The zero-order valence-electron chi connectivity index (χ0n) is 11.6. The van der Waals surface area contributed by atoms with Crippen LogP contribution in [0.25, 0.3) is 0 Å². The number of hydrogen-bond acceptors (Lipinski definition) is 6. The van der Waals surface area contributed by atoms with E-state index >= 15 is 0 Å². The molecule has 0 bridgehead atoms. The van der Waals surface area contributed by atoms with Gasteiger partial charge in [0.15, 0.2) is 11.5 Å². The summed E-state index contributed by atoms with van der Waals surface area (Å²) in [6, 6.07) is 3.14. The minimum atomic E-state index is -3.57. The first kappa shape index (κ1) is 17.5. The normalized spacial score (nSPS) is 13.2. The average Bonchev–Trinajstić information content (AvgIpc) is 2.40. The number of hydrogen-bond donors (Lipinski definition) is 2. The molecule has 0 aliphatic rings. The third kappa shape index (κ3) is 3.74. The maximum Gasteiger partial charge on any atom is 0.351 e. The molecule has 20 heavy (non-hydrogen) atoms. The van der Waals surface area contributed by atoms with Crippen LogP contribution in [0.15, 0.2) is 16.6 Å². The number of methoxy groups -OCH3 is 1. The summed E-state index contributed by atoms with van der Waals surface area (Å²) in [5.74, 6) is -1.05. The molecular weight excluding hydrogens is 349 g/mol. The number of halogens is 1. The topological polar surface area (TPSA) is 91.0 Å². The minimum Gasteiger partial charge on any atom is -0.504 e. The van der Waals surface area contributed by atoms with Gasteiger partial charge in [0, 0.05) is 10.0 Å². The van der Waals surface area contributed by atoms with Gasteiger partial charge in [-0.3, -0.25) is 4.57 Å². The van der Waals surface area contributed by atoms with E-state index in [-0.39, 0.29) is 30.3 Å². The lowest BCUT2D eigenvalue weighted by Gasteiger charge is -2.24. The maximum absolute atomic E-state index is 12.6. The Hall–Kier alpha value is -0.590. The van der Waals surface area contributed by atoms with Gasteiger partial charge in [-0.25, -0.2) is 0 Å². The highest BCUT2D eigenvalue weighted by Gasteiger charge is 2.36. The monoisotopic (exact) mass is 367 g/mol. The summed E-state index contributed by atoms with van der Waals surface area (Å²) in [6.45, 7) is 3.77. The van der Waals surface area contributed by atoms with E-state index in [2.05, 4.69) is 15.9 Å². The Morgan fingerprint density at radius 3 is 2.35 bits per heavy atom. The van der Waals surface area contributed by atoms with Crippen LogP contribution in [-0.2, 0) is 13.6 Å². The van der Waals surface area contributed by atoms with E-state index in [1.807, 2.05) is 0 Å². The molecule has 6 nitrogen and oxygen atoms in total. The molecule has 0 radical (unpaired) electrons. The molecule has 0 aliphatic heterocycles. The van der Waals surface area contributed by atoms with E-state index in [1.54, 1.807) is 26.0 Å². The van der Waals surface area contributed by atoms with E-state index in [0.717, 1.165) is 0 Å². The maximum atomic E-state index is 12.6. The molecule has 0 saturated carbocycles. The zero-order valence-corrected chi connectivity index (χ0v) is 14.1. The summed E-state index contributed by atoms with van der Waals surface area (Å²) >= 11 is 3.28. The first-order chi connectivity index (χ1) is 9.39. The molecule has 0 aromatic heterocycles. The average molecular weight is 368 g/mol. The van der Waals surface area contributed by atoms with Gasteiger partial charge < -0.3 is 24.6 Å². The van der Waals surface area contributed by atoms with Crippen LogP contribution in [0.5, 0.6) is 11.5 Å². The summed E-state index contributed by atoms with van der Waals surface area (Å²) in [4.78, 5) is 0. The Morgan fingerprint density at radius 1 is 1.35 bits per heavy atom. The van der Waals surface area contributed by atoms with Gasteiger partial charge in [0.2, 0.25) is 0 Å². The highest BCUT2D eigenvalue weighted by Crippen LogP contribution is 2.60. The predicted octanol–water partition coefficient (Wildman–Crippen LogP) is 3.39. The van der Waals surface area contributed by atoms with Gasteiger partial charge in [-0.1, -0.05) is 15.9 Å². The molecule has 1 aromatic rings. The van der Waals surface area contributed by atoms with Crippen molar-refractivity contribution >= 4 is 23.5 Å². The third-order valence-electron chi connectivity index (χ3n) is 2.57. The molecule has 8 heteroatoms. The SMILES string of the molecule is CCOP(=O)(OCC)[C@H](N)c1cc(Br)cc(OC)c1O. The Labute approximate surface area is 126 Å². The predicted molar refractivity (Wildman–Crippen MR) is 80.1 cm³/mol. The second-order valence-corrected chi connectivity index (χ2v) is 6.93. The Morgan fingerprint density at radius 2 is 1.90 bits per heavy atom. The highest BCUT2D eigenvalue weighted by molar-refractivity contribution is 9.10. The fourth-order valence-electron chi connectivity index (χ4n) is 1.70. The van der Waals surface area contributed by atoms with Gasteiger partial charge in [-0.15, -0.1) is 0 Å². The quantitative estimate of drug-likeness (QED) is 0.717. The van der Waals surface area contributed by atoms with Crippen LogP contribution in [0.1, 0.15) is 25.2 Å². The van der Waals surface area contributed by atoms with E-state index in [4.69, 9.17) is 19.5 Å². The molecule has 3 N–H and O–H groups in total. The number of phenolic OH excluding ortho intramolecular Hbond substituents is 1. The molecular formula is C12H19BrNO5P. The first-order valence-corrected chi connectivity index (χ1v) is 8.50. The van der Waals surface area contributed by atoms with Gasteiger partial charge in [0.1, 0.15) is 5.78 Å². The smallest absolute Gasteiger partial charge is 0.351 e. The summed E-state index contributed by atoms with van der Waals surface area (Å²) in [6.07, 6.45) is 0. The van der Waals surface area contributed by atoms with Crippen molar-refractivity contribution in [1.29, 1.82) is 0 Å². The van der Waals surface area contributed by atoms with Crippen LogP contribution in [0, 0.1) is 0 Å². The highest BCUT2D eigenvalue weighted by atomic mass is 79.9. The lowest BCUT2D eigenvalue weighted by molar-refractivity contribution is 0.211. The summed E-state index contributed by atoms with van der Waals surface area (Å²) in [5, 5.41) is 10.1. The van der Waals surface area contributed by atoms with Crippen LogP contribution in [-0.4, -0.2) is 25.4 Å². The molecule has 0 saturated heterocycles. The summed E-state index contributed by atoms with van der Waals surface area (Å²) in [7, 11) is -2.15. The fraction of sp³-hybridized carbons (Fsp3) is 0.500. The van der Waals surface area contributed by atoms with Crippen LogP contribution in [0.3, 0.4) is 0 Å². The number of benzene rings is 1. The van der Waals surface area contributed by atoms with Crippen LogP contribution in [0.2, 0.25) is 0 Å².